The van der Waals surface area contributed by atoms with E-state index < -0.39 is 5.97 Å². The standard InChI is InChI=1S/C15H18BrNO5S/c1-20-11-6-9(10(16)7-12(11)21-2)15-17(8-14(19)22-3)13(18)4-5-23-15/h6-7,15H,4-5,8H2,1-3H3. The Bertz CT molecular complexity index is 610. The second kappa shape index (κ2) is 7.92. The van der Waals surface area contributed by atoms with Crippen LogP contribution in [0, 0.1) is 0 Å². The van der Waals surface area contributed by atoms with Crippen molar-refractivity contribution in [3.8, 4) is 11.5 Å². The van der Waals surface area contributed by atoms with Gasteiger partial charge in [-0.15, -0.1) is 11.8 Å². The van der Waals surface area contributed by atoms with Gasteiger partial charge in [-0.3, -0.25) is 9.59 Å². The van der Waals surface area contributed by atoms with Gasteiger partial charge in [0.25, 0.3) is 0 Å². The highest BCUT2D eigenvalue weighted by molar-refractivity contribution is 9.10. The summed E-state index contributed by atoms with van der Waals surface area (Å²) >= 11 is 5.11. The molecule has 8 heteroatoms. The molecule has 0 bridgehead atoms. The Hall–Kier alpha value is -1.41. The number of nitrogens with zero attached hydrogens (tertiary/aromatic N) is 1. The van der Waals surface area contributed by atoms with Crippen molar-refractivity contribution in [2.75, 3.05) is 33.6 Å². The SMILES string of the molecule is COC(=O)CN1C(=O)CCSC1c1cc(OC)c(OC)cc1Br. The summed E-state index contributed by atoms with van der Waals surface area (Å²) in [5, 5.41) is -0.287. The highest BCUT2D eigenvalue weighted by Gasteiger charge is 2.33. The molecule has 2 rings (SSSR count). The van der Waals surface area contributed by atoms with Crippen molar-refractivity contribution in [1.82, 2.24) is 4.90 Å². The molecule has 1 aromatic carbocycles. The van der Waals surface area contributed by atoms with Gasteiger partial charge >= 0.3 is 5.97 Å². The number of amides is 1. The molecule has 0 spiro atoms. The van der Waals surface area contributed by atoms with Crippen molar-refractivity contribution < 1.29 is 23.8 Å². The Labute approximate surface area is 147 Å². The first-order valence-corrected chi connectivity index (χ1v) is 8.75. The molecule has 0 aliphatic carbocycles. The van der Waals surface area contributed by atoms with E-state index >= 15 is 0 Å². The molecule has 0 N–H and O–H groups in total. The third kappa shape index (κ3) is 3.92. The molecular weight excluding hydrogens is 386 g/mol. The van der Waals surface area contributed by atoms with Crippen LogP contribution in [0.15, 0.2) is 16.6 Å². The summed E-state index contributed by atoms with van der Waals surface area (Å²) in [5.41, 5.74) is 0.851. The quantitative estimate of drug-likeness (QED) is 0.703. The van der Waals surface area contributed by atoms with E-state index in [0.29, 0.717) is 23.7 Å². The molecule has 1 fully saturated rings. The first kappa shape index (κ1) is 17.9. The van der Waals surface area contributed by atoms with Crippen molar-refractivity contribution in [2.24, 2.45) is 0 Å². The maximum absolute atomic E-state index is 12.3. The maximum Gasteiger partial charge on any atom is 0.325 e. The summed E-state index contributed by atoms with van der Waals surface area (Å²) in [6.07, 6.45) is 0.406. The van der Waals surface area contributed by atoms with E-state index in [9.17, 15) is 9.59 Å². The summed E-state index contributed by atoms with van der Waals surface area (Å²) in [5.74, 6) is 1.35. The van der Waals surface area contributed by atoms with Crippen molar-refractivity contribution in [2.45, 2.75) is 11.8 Å². The van der Waals surface area contributed by atoms with Crippen LogP contribution in [-0.2, 0) is 14.3 Å². The first-order chi connectivity index (χ1) is 11.0. The highest BCUT2D eigenvalue weighted by atomic mass is 79.9. The van der Waals surface area contributed by atoms with Crippen LogP contribution < -0.4 is 9.47 Å². The number of rotatable bonds is 5. The van der Waals surface area contributed by atoms with Crippen LogP contribution in [0.2, 0.25) is 0 Å². The molecule has 6 nitrogen and oxygen atoms in total. The second-order valence-electron chi connectivity index (χ2n) is 4.80. The Kier molecular flexibility index (Phi) is 6.17. The van der Waals surface area contributed by atoms with Crippen molar-refractivity contribution in [1.29, 1.82) is 0 Å². The van der Waals surface area contributed by atoms with E-state index in [1.807, 2.05) is 6.07 Å². The van der Waals surface area contributed by atoms with Gasteiger partial charge in [0, 0.05) is 22.2 Å². The average molecular weight is 404 g/mol. The lowest BCUT2D eigenvalue weighted by atomic mass is 10.1. The number of benzene rings is 1. The molecule has 0 aromatic heterocycles. The highest BCUT2D eigenvalue weighted by Crippen LogP contribution is 2.44. The Morgan fingerprint density at radius 1 is 1.30 bits per heavy atom. The number of hydrogen-bond acceptors (Lipinski definition) is 6. The molecule has 1 atom stereocenters. The van der Waals surface area contributed by atoms with E-state index in [1.54, 1.807) is 32.0 Å². The minimum atomic E-state index is -0.442. The molecule has 1 aliphatic rings. The van der Waals surface area contributed by atoms with Crippen LogP contribution >= 0.6 is 27.7 Å². The van der Waals surface area contributed by atoms with Gasteiger partial charge in [0.05, 0.1) is 21.3 Å². The largest absolute Gasteiger partial charge is 0.493 e. The summed E-state index contributed by atoms with van der Waals surface area (Å²) < 4.78 is 16.1. The number of methoxy groups -OCH3 is 3. The van der Waals surface area contributed by atoms with Gasteiger partial charge in [-0.25, -0.2) is 0 Å². The lowest BCUT2D eigenvalue weighted by molar-refractivity contribution is -0.147. The fourth-order valence-electron chi connectivity index (χ4n) is 2.31. The normalized spacial score (nSPS) is 17.8. The third-order valence-electron chi connectivity index (χ3n) is 3.49. The van der Waals surface area contributed by atoms with Crippen LogP contribution in [0.5, 0.6) is 11.5 Å². The second-order valence-corrected chi connectivity index (χ2v) is 6.84. The van der Waals surface area contributed by atoms with E-state index in [4.69, 9.17) is 14.2 Å². The van der Waals surface area contributed by atoms with Crippen molar-refractivity contribution in [3.63, 3.8) is 0 Å². The molecule has 126 valence electrons. The first-order valence-electron chi connectivity index (χ1n) is 6.91. The number of carbonyl (C=O) groups is 2. The van der Waals surface area contributed by atoms with Crippen LogP contribution in [0.25, 0.3) is 0 Å². The molecular formula is C15H18BrNO5S. The zero-order chi connectivity index (χ0) is 17.0. The number of halogens is 1. The Balaban J connectivity index is 2.40. The Morgan fingerprint density at radius 3 is 2.57 bits per heavy atom. The van der Waals surface area contributed by atoms with Crippen LogP contribution in [-0.4, -0.2) is 50.4 Å². The van der Waals surface area contributed by atoms with E-state index in [0.717, 1.165) is 10.0 Å². The smallest absolute Gasteiger partial charge is 0.325 e. The van der Waals surface area contributed by atoms with E-state index in [1.165, 1.54) is 12.0 Å². The fraction of sp³-hybridized carbons (Fsp3) is 0.467. The minimum Gasteiger partial charge on any atom is -0.493 e. The molecule has 1 heterocycles. The third-order valence-corrected chi connectivity index (χ3v) is 5.44. The van der Waals surface area contributed by atoms with Crippen molar-refractivity contribution >= 4 is 39.6 Å². The van der Waals surface area contributed by atoms with Gasteiger partial charge in [0.2, 0.25) is 5.91 Å². The predicted octanol–water partition coefficient (Wildman–Crippen LogP) is 2.60. The number of esters is 1. The topological polar surface area (TPSA) is 65.1 Å². The molecule has 1 aromatic rings. The molecule has 1 aliphatic heterocycles. The van der Waals surface area contributed by atoms with Crippen LogP contribution in [0.1, 0.15) is 17.4 Å². The van der Waals surface area contributed by atoms with Gasteiger partial charge < -0.3 is 19.1 Å². The zero-order valence-corrected chi connectivity index (χ0v) is 15.5. The zero-order valence-electron chi connectivity index (χ0n) is 13.1. The minimum absolute atomic E-state index is 0.0687. The average Bonchev–Trinajstić information content (AvgIpc) is 2.56. The molecule has 0 saturated carbocycles. The van der Waals surface area contributed by atoms with Gasteiger partial charge in [-0.1, -0.05) is 15.9 Å². The summed E-state index contributed by atoms with van der Waals surface area (Å²) in [4.78, 5) is 25.4. The van der Waals surface area contributed by atoms with E-state index in [2.05, 4.69) is 15.9 Å². The Morgan fingerprint density at radius 2 is 1.96 bits per heavy atom. The maximum atomic E-state index is 12.3. The summed E-state index contributed by atoms with van der Waals surface area (Å²) in [6.45, 7) is -0.0756. The fourth-order valence-corrected chi connectivity index (χ4v) is 4.27. The molecule has 1 saturated heterocycles. The van der Waals surface area contributed by atoms with Gasteiger partial charge in [-0.05, 0) is 12.1 Å². The molecule has 1 amide bonds. The summed E-state index contributed by atoms with van der Waals surface area (Å²) in [6, 6.07) is 3.62. The number of ether oxygens (including phenoxy) is 3. The summed E-state index contributed by atoms with van der Waals surface area (Å²) in [7, 11) is 4.43. The monoisotopic (exact) mass is 403 g/mol. The number of hydrogen-bond donors (Lipinski definition) is 0. The van der Waals surface area contributed by atoms with Gasteiger partial charge in [0.15, 0.2) is 11.5 Å². The molecule has 1 unspecified atom stereocenters. The molecule has 23 heavy (non-hydrogen) atoms. The van der Waals surface area contributed by atoms with Crippen LogP contribution in [0.3, 0.4) is 0 Å². The number of carbonyl (C=O) groups excluding carboxylic acids is 2. The van der Waals surface area contributed by atoms with E-state index in [-0.39, 0.29) is 17.8 Å². The van der Waals surface area contributed by atoms with Gasteiger partial charge in [-0.2, -0.15) is 0 Å². The number of thioether (sulfide) groups is 1. The van der Waals surface area contributed by atoms with Crippen LogP contribution in [0.4, 0.5) is 0 Å². The lowest BCUT2D eigenvalue weighted by Crippen LogP contribution is -2.41. The van der Waals surface area contributed by atoms with Crippen molar-refractivity contribution in [3.05, 3.63) is 22.2 Å². The predicted molar refractivity (Wildman–Crippen MR) is 90.8 cm³/mol. The van der Waals surface area contributed by atoms with Gasteiger partial charge in [0.1, 0.15) is 11.9 Å². The molecule has 0 radical (unpaired) electrons. The lowest BCUT2D eigenvalue weighted by Gasteiger charge is -2.35.